The molecule has 0 saturated heterocycles. The first-order valence-corrected chi connectivity index (χ1v) is 8.82. The summed E-state index contributed by atoms with van der Waals surface area (Å²) in [6, 6.07) is 0. The molecule has 2 N–H and O–H groups in total. The fraction of sp³-hybridized carbons (Fsp3) is 0.619. The molecule has 0 bridgehead atoms. The molecule has 4 aliphatic carbocycles. The van der Waals surface area contributed by atoms with E-state index >= 15 is 0 Å². The SMILES string of the molecule is C#C[C@]1(O)CCC2C3C=CC4=C[C@@H](O)C=C[C@]4(C)C3CC[C@@]21C. The highest BCUT2D eigenvalue weighted by atomic mass is 16.3. The molecule has 7 atom stereocenters. The van der Waals surface area contributed by atoms with Crippen molar-refractivity contribution < 1.29 is 10.2 Å². The molecule has 0 radical (unpaired) electrons. The van der Waals surface area contributed by atoms with E-state index in [1.807, 2.05) is 12.2 Å². The van der Waals surface area contributed by atoms with Gasteiger partial charge in [0.2, 0.25) is 0 Å². The average Bonchev–Trinajstić information content (AvgIpc) is 2.80. The van der Waals surface area contributed by atoms with Crippen LogP contribution in [-0.4, -0.2) is 21.9 Å². The molecule has 4 rings (SSSR count). The summed E-state index contributed by atoms with van der Waals surface area (Å²) in [7, 11) is 0. The highest BCUT2D eigenvalue weighted by molar-refractivity contribution is 5.42. The summed E-state index contributed by atoms with van der Waals surface area (Å²) in [4.78, 5) is 0. The van der Waals surface area contributed by atoms with E-state index in [0.29, 0.717) is 17.8 Å². The maximum atomic E-state index is 11.0. The summed E-state index contributed by atoms with van der Waals surface area (Å²) in [5.41, 5.74) is 0.105. The molecule has 122 valence electrons. The summed E-state index contributed by atoms with van der Waals surface area (Å²) in [6.07, 6.45) is 19.6. The van der Waals surface area contributed by atoms with Crippen LogP contribution >= 0.6 is 0 Å². The van der Waals surface area contributed by atoms with Gasteiger partial charge in [-0.25, -0.2) is 0 Å². The van der Waals surface area contributed by atoms with Crippen LogP contribution in [0.4, 0.5) is 0 Å². The minimum absolute atomic E-state index is 0.00315. The Hall–Kier alpha value is -1.30. The zero-order valence-corrected chi connectivity index (χ0v) is 14.0. The number of aliphatic hydroxyl groups excluding tert-OH is 1. The third-order valence-corrected chi connectivity index (χ3v) is 7.60. The van der Waals surface area contributed by atoms with Gasteiger partial charge in [-0.1, -0.05) is 44.1 Å². The lowest BCUT2D eigenvalue weighted by molar-refractivity contribution is -0.0746. The van der Waals surface area contributed by atoms with Gasteiger partial charge in [0.15, 0.2) is 0 Å². The van der Waals surface area contributed by atoms with Crippen molar-refractivity contribution in [1.29, 1.82) is 0 Å². The Kier molecular flexibility index (Phi) is 3.06. The highest BCUT2D eigenvalue weighted by Gasteiger charge is 2.62. The standard InChI is InChI=1S/C21H26O2/c1-4-21(23)12-9-18-16-6-5-14-13-15(22)7-10-19(14,2)17(16)8-11-20(18,21)3/h1,5-7,10,13,15-18,22-23H,8-9,11-12H2,2-3H3/t15-,16?,17?,18?,19-,20-,21-/m0/s1. The second kappa shape index (κ2) is 4.62. The topological polar surface area (TPSA) is 40.5 Å². The zero-order chi connectivity index (χ0) is 16.5. The number of fused-ring (bicyclic) bond motifs is 5. The van der Waals surface area contributed by atoms with Gasteiger partial charge in [-0.3, -0.25) is 0 Å². The van der Waals surface area contributed by atoms with Gasteiger partial charge in [-0.05, 0) is 55.1 Å². The van der Waals surface area contributed by atoms with Crippen molar-refractivity contribution >= 4 is 0 Å². The molecule has 2 fully saturated rings. The molecule has 2 saturated carbocycles. The Morgan fingerprint density at radius 2 is 1.91 bits per heavy atom. The molecule has 0 aromatic rings. The van der Waals surface area contributed by atoms with Gasteiger partial charge in [0, 0.05) is 10.8 Å². The molecule has 4 aliphatic rings. The summed E-state index contributed by atoms with van der Waals surface area (Å²) in [5.74, 6) is 4.15. The van der Waals surface area contributed by atoms with E-state index in [2.05, 4.69) is 38.0 Å². The second-order valence-corrected chi connectivity index (χ2v) is 8.40. The smallest absolute Gasteiger partial charge is 0.130 e. The lowest BCUT2D eigenvalue weighted by atomic mass is 9.49. The first kappa shape index (κ1) is 15.2. The molecule has 0 aromatic carbocycles. The van der Waals surface area contributed by atoms with Crippen LogP contribution < -0.4 is 0 Å². The number of rotatable bonds is 0. The molecule has 0 amide bonds. The van der Waals surface area contributed by atoms with E-state index < -0.39 is 11.7 Å². The van der Waals surface area contributed by atoms with Crippen molar-refractivity contribution in [2.24, 2.45) is 28.6 Å². The van der Waals surface area contributed by atoms with Crippen molar-refractivity contribution in [3.05, 3.63) is 36.0 Å². The van der Waals surface area contributed by atoms with E-state index in [4.69, 9.17) is 6.42 Å². The molecule has 0 heterocycles. The van der Waals surface area contributed by atoms with Crippen molar-refractivity contribution in [3.63, 3.8) is 0 Å². The lowest BCUT2D eigenvalue weighted by Crippen LogP contribution is -2.53. The summed E-state index contributed by atoms with van der Waals surface area (Å²) >= 11 is 0. The number of aliphatic hydroxyl groups is 2. The van der Waals surface area contributed by atoms with E-state index in [1.165, 1.54) is 5.57 Å². The van der Waals surface area contributed by atoms with Crippen LogP contribution in [0.15, 0.2) is 36.0 Å². The van der Waals surface area contributed by atoms with E-state index in [1.54, 1.807) is 0 Å². The zero-order valence-electron chi connectivity index (χ0n) is 14.0. The van der Waals surface area contributed by atoms with E-state index in [9.17, 15) is 10.2 Å². The molecule has 3 unspecified atom stereocenters. The van der Waals surface area contributed by atoms with Crippen LogP contribution in [0.3, 0.4) is 0 Å². The van der Waals surface area contributed by atoms with Crippen LogP contribution in [-0.2, 0) is 0 Å². The Labute approximate surface area is 139 Å². The number of terminal acetylenes is 1. The maximum absolute atomic E-state index is 11.0. The van der Waals surface area contributed by atoms with Gasteiger partial charge in [0.05, 0.1) is 6.10 Å². The van der Waals surface area contributed by atoms with Crippen molar-refractivity contribution in [3.8, 4) is 12.3 Å². The predicted molar refractivity (Wildman–Crippen MR) is 91.3 cm³/mol. The van der Waals surface area contributed by atoms with Gasteiger partial charge in [-0.15, -0.1) is 6.42 Å². The monoisotopic (exact) mass is 310 g/mol. The molecule has 23 heavy (non-hydrogen) atoms. The third kappa shape index (κ3) is 1.78. The number of hydrogen-bond donors (Lipinski definition) is 2. The van der Waals surface area contributed by atoms with Crippen LogP contribution in [0.2, 0.25) is 0 Å². The maximum Gasteiger partial charge on any atom is 0.130 e. The predicted octanol–water partition coefficient (Wildman–Crippen LogP) is 3.23. The van der Waals surface area contributed by atoms with Crippen molar-refractivity contribution in [2.45, 2.75) is 51.2 Å². The summed E-state index contributed by atoms with van der Waals surface area (Å²) in [5, 5.41) is 20.9. The van der Waals surface area contributed by atoms with Crippen LogP contribution in [0.25, 0.3) is 0 Å². The number of hydrogen-bond acceptors (Lipinski definition) is 2. The minimum atomic E-state index is -0.952. The van der Waals surface area contributed by atoms with Crippen molar-refractivity contribution in [2.75, 3.05) is 0 Å². The van der Waals surface area contributed by atoms with Gasteiger partial charge in [0.1, 0.15) is 5.60 Å². The molecule has 2 heteroatoms. The highest BCUT2D eigenvalue weighted by Crippen LogP contribution is 2.65. The summed E-state index contributed by atoms with van der Waals surface area (Å²) in [6.45, 7) is 4.50. The van der Waals surface area contributed by atoms with Gasteiger partial charge < -0.3 is 10.2 Å². The molecular weight excluding hydrogens is 284 g/mol. The normalized spacial score (nSPS) is 53.8. The molecule has 0 aliphatic heterocycles. The quantitative estimate of drug-likeness (QED) is 0.533. The molecule has 2 nitrogen and oxygen atoms in total. The Bertz CT molecular complexity index is 666. The fourth-order valence-electron chi connectivity index (χ4n) is 6.02. The van der Waals surface area contributed by atoms with Crippen LogP contribution in [0.1, 0.15) is 39.5 Å². The number of allylic oxidation sites excluding steroid dienone is 4. The minimum Gasteiger partial charge on any atom is -0.385 e. The molecule has 0 aromatic heterocycles. The second-order valence-electron chi connectivity index (χ2n) is 8.40. The van der Waals surface area contributed by atoms with Gasteiger partial charge in [-0.2, -0.15) is 0 Å². The molecule has 0 spiro atoms. The van der Waals surface area contributed by atoms with Gasteiger partial charge >= 0.3 is 0 Å². The van der Waals surface area contributed by atoms with Crippen molar-refractivity contribution in [1.82, 2.24) is 0 Å². The summed E-state index contributed by atoms with van der Waals surface area (Å²) < 4.78 is 0. The average molecular weight is 310 g/mol. The largest absolute Gasteiger partial charge is 0.385 e. The molecular formula is C21H26O2. The first-order valence-electron chi connectivity index (χ1n) is 8.82. The van der Waals surface area contributed by atoms with E-state index in [-0.39, 0.29) is 10.8 Å². The third-order valence-electron chi connectivity index (χ3n) is 7.60. The van der Waals surface area contributed by atoms with E-state index in [0.717, 1.165) is 25.7 Å². The Balaban J connectivity index is 1.76. The van der Waals surface area contributed by atoms with Crippen LogP contribution in [0, 0.1) is 40.9 Å². The Morgan fingerprint density at radius 3 is 2.65 bits per heavy atom. The van der Waals surface area contributed by atoms with Crippen LogP contribution in [0.5, 0.6) is 0 Å². The lowest BCUT2D eigenvalue weighted by Gasteiger charge is -2.55. The van der Waals surface area contributed by atoms with Gasteiger partial charge in [0.25, 0.3) is 0 Å². The fourth-order valence-corrected chi connectivity index (χ4v) is 6.02. The first-order chi connectivity index (χ1) is 10.8. The Morgan fingerprint density at radius 1 is 1.17 bits per heavy atom.